The molecule has 1 heterocycles. The molecular weight excluding hydrogens is 191 g/mol. The van der Waals surface area contributed by atoms with Crippen LogP contribution < -0.4 is 5.32 Å². The number of hydrogen-bond donors (Lipinski definition) is 1. The predicted octanol–water partition coefficient (Wildman–Crippen LogP) is 2.93. The number of anilines is 1. The highest BCUT2D eigenvalue weighted by molar-refractivity contribution is 5.68. The van der Waals surface area contributed by atoms with E-state index in [1.165, 1.54) is 6.20 Å². The van der Waals surface area contributed by atoms with Crippen LogP contribution in [0.1, 0.15) is 0 Å². The monoisotopic (exact) mass is 202 g/mol. The van der Waals surface area contributed by atoms with Gasteiger partial charge in [0.15, 0.2) is 0 Å². The summed E-state index contributed by atoms with van der Waals surface area (Å²) in [6.07, 6.45) is 2.81. The van der Waals surface area contributed by atoms with Crippen molar-refractivity contribution < 1.29 is 4.39 Å². The van der Waals surface area contributed by atoms with Crippen molar-refractivity contribution in [1.29, 1.82) is 0 Å². The molecule has 0 spiro atoms. The van der Waals surface area contributed by atoms with Gasteiger partial charge >= 0.3 is 0 Å². The number of rotatable bonds is 2. The van der Waals surface area contributed by atoms with Crippen LogP contribution in [0, 0.1) is 5.82 Å². The van der Waals surface area contributed by atoms with Crippen LogP contribution in [0.4, 0.5) is 10.1 Å². The van der Waals surface area contributed by atoms with E-state index >= 15 is 0 Å². The highest BCUT2D eigenvalue weighted by Crippen LogP contribution is 2.24. The maximum atomic E-state index is 13.4. The van der Waals surface area contributed by atoms with Crippen molar-refractivity contribution in [2.45, 2.75) is 0 Å². The lowest BCUT2D eigenvalue weighted by Crippen LogP contribution is -1.89. The Morgan fingerprint density at radius 3 is 2.87 bits per heavy atom. The van der Waals surface area contributed by atoms with Crippen LogP contribution in [0.5, 0.6) is 0 Å². The Balaban J connectivity index is 2.49. The summed E-state index contributed by atoms with van der Waals surface area (Å²) >= 11 is 0. The van der Waals surface area contributed by atoms with Crippen LogP contribution in [0.3, 0.4) is 0 Å². The summed E-state index contributed by atoms with van der Waals surface area (Å²) in [5.41, 5.74) is 2.38. The quantitative estimate of drug-likeness (QED) is 0.809. The Labute approximate surface area is 87.8 Å². The van der Waals surface area contributed by atoms with Gasteiger partial charge < -0.3 is 5.32 Å². The number of hydrogen-bond acceptors (Lipinski definition) is 2. The highest BCUT2D eigenvalue weighted by Gasteiger charge is 2.04. The van der Waals surface area contributed by atoms with Crippen LogP contribution in [0.2, 0.25) is 0 Å². The van der Waals surface area contributed by atoms with Gasteiger partial charge in [0, 0.05) is 24.5 Å². The second-order valence-corrected chi connectivity index (χ2v) is 3.19. The summed E-state index contributed by atoms with van der Waals surface area (Å²) < 4.78 is 13.4. The first kappa shape index (κ1) is 9.65. The number of halogens is 1. The maximum absolute atomic E-state index is 13.4. The van der Waals surface area contributed by atoms with Gasteiger partial charge in [-0.25, -0.2) is 4.39 Å². The molecule has 0 amide bonds. The normalized spacial score (nSPS) is 10.0. The SMILES string of the molecule is CNc1cccc(-c2ccncc2F)c1. The number of pyridine rings is 1. The summed E-state index contributed by atoms with van der Waals surface area (Å²) in [5.74, 6) is -0.300. The molecule has 1 N–H and O–H groups in total. The maximum Gasteiger partial charge on any atom is 0.149 e. The average Bonchev–Trinajstić information content (AvgIpc) is 2.30. The smallest absolute Gasteiger partial charge is 0.149 e. The molecule has 0 unspecified atom stereocenters. The van der Waals surface area contributed by atoms with Crippen LogP contribution in [-0.2, 0) is 0 Å². The van der Waals surface area contributed by atoms with Crippen molar-refractivity contribution in [1.82, 2.24) is 4.98 Å². The number of nitrogens with one attached hydrogen (secondary N) is 1. The molecule has 0 aliphatic carbocycles. The summed E-state index contributed by atoms with van der Waals surface area (Å²) in [6, 6.07) is 9.27. The third-order valence-corrected chi connectivity index (χ3v) is 2.23. The van der Waals surface area contributed by atoms with Crippen LogP contribution >= 0.6 is 0 Å². The Bertz CT molecular complexity index is 469. The van der Waals surface area contributed by atoms with E-state index in [1.807, 2.05) is 31.3 Å². The second kappa shape index (κ2) is 4.09. The second-order valence-electron chi connectivity index (χ2n) is 3.19. The summed E-state index contributed by atoms with van der Waals surface area (Å²) in [5, 5.41) is 3.02. The van der Waals surface area contributed by atoms with Crippen LogP contribution in [-0.4, -0.2) is 12.0 Å². The first-order valence-corrected chi connectivity index (χ1v) is 4.69. The van der Waals surface area contributed by atoms with Gasteiger partial charge in [0.2, 0.25) is 0 Å². The molecule has 0 aliphatic heterocycles. The van der Waals surface area contributed by atoms with Gasteiger partial charge in [-0.1, -0.05) is 12.1 Å². The molecule has 76 valence electrons. The standard InChI is InChI=1S/C12H11FN2/c1-14-10-4-2-3-9(7-10)11-5-6-15-8-12(11)13/h2-8,14H,1H3. The molecular formula is C12H11FN2. The van der Waals surface area contributed by atoms with Crippen molar-refractivity contribution >= 4 is 5.69 Å². The van der Waals surface area contributed by atoms with Crippen LogP contribution in [0.15, 0.2) is 42.7 Å². The molecule has 1 aromatic heterocycles. The van der Waals surface area contributed by atoms with Gasteiger partial charge in [0.05, 0.1) is 6.20 Å². The Kier molecular flexibility index (Phi) is 2.63. The minimum Gasteiger partial charge on any atom is -0.388 e. The molecule has 0 fully saturated rings. The lowest BCUT2D eigenvalue weighted by molar-refractivity contribution is 0.625. The minimum absolute atomic E-state index is 0.300. The summed E-state index contributed by atoms with van der Waals surface area (Å²) in [7, 11) is 1.84. The van der Waals surface area contributed by atoms with Gasteiger partial charge in [-0.05, 0) is 23.8 Å². The van der Waals surface area contributed by atoms with E-state index in [9.17, 15) is 4.39 Å². The Morgan fingerprint density at radius 1 is 1.27 bits per heavy atom. The van der Waals surface area contributed by atoms with Crippen LogP contribution in [0.25, 0.3) is 11.1 Å². The molecule has 0 saturated heterocycles. The van der Waals surface area contributed by atoms with Gasteiger partial charge in [-0.3, -0.25) is 4.98 Å². The van der Waals surface area contributed by atoms with E-state index in [0.717, 1.165) is 11.3 Å². The minimum atomic E-state index is -0.300. The zero-order valence-corrected chi connectivity index (χ0v) is 8.37. The molecule has 0 atom stereocenters. The zero-order chi connectivity index (χ0) is 10.7. The predicted molar refractivity (Wildman–Crippen MR) is 59.2 cm³/mol. The van der Waals surface area contributed by atoms with Gasteiger partial charge in [-0.15, -0.1) is 0 Å². The lowest BCUT2D eigenvalue weighted by atomic mass is 10.1. The first-order valence-electron chi connectivity index (χ1n) is 4.69. The van der Waals surface area contributed by atoms with Gasteiger partial charge in [0.25, 0.3) is 0 Å². The molecule has 15 heavy (non-hydrogen) atoms. The fourth-order valence-electron chi connectivity index (χ4n) is 1.45. The highest BCUT2D eigenvalue weighted by atomic mass is 19.1. The molecule has 0 aliphatic rings. The van der Waals surface area contributed by atoms with E-state index in [2.05, 4.69) is 10.3 Å². The molecule has 2 rings (SSSR count). The third kappa shape index (κ3) is 1.96. The molecule has 3 heteroatoms. The van der Waals surface area contributed by atoms with Crippen molar-refractivity contribution in [2.75, 3.05) is 12.4 Å². The fraction of sp³-hybridized carbons (Fsp3) is 0.0833. The number of aromatic nitrogens is 1. The largest absolute Gasteiger partial charge is 0.388 e. The molecule has 0 bridgehead atoms. The topological polar surface area (TPSA) is 24.9 Å². The van der Waals surface area contributed by atoms with Crippen molar-refractivity contribution in [2.24, 2.45) is 0 Å². The fourth-order valence-corrected chi connectivity index (χ4v) is 1.45. The van der Waals surface area contributed by atoms with Gasteiger partial charge in [-0.2, -0.15) is 0 Å². The van der Waals surface area contributed by atoms with Gasteiger partial charge in [0.1, 0.15) is 5.82 Å². The number of nitrogens with zero attached hydrogens (tertiary/aromatic N) is 1. The Morgan fingerprint density at radius 2 is 2.13 bits per heavy atom. The molecule has 0 radical (unpaired) electrons. The van der Waals surface area contributed by atoms with E-state index in [4.69, 9.17) is 0 Å². The van der Waals surface area contributed by atoms with E-state index in [1.54, 1.807) is 12.3 Å². The number of benzene rings is 1. The van der Waals surface area contributed by atoms with Crippen molar-refractivity contribution in [3.05, 3.63) is 48.5 Å². The third-order valence-electron chi connectivity index (χ3n) is 2.23. The zero-order valence-electron chi connectivity index (χ0n) is 8.37. The average molecular weight is 202 g/mol. The summed E-state index contributed by atoms with van der Waals surface area (Å²) in [6.45, 7) is 0. The van der Waals surface area contributed by atoms with E-state index in [0.29, 0.717) is 5.56 Å². The summed E-state index contributed by atoms with van der Waals surface area (Å²) in [4.78, 5) is 3.72. The van der Waals surface area contributed by atoms with Crippen molar-refractivity contribution in [3.8, 4) is 11.1 Å². The molecule has 2 nitrogen and oxygen atoms in total. The van der Waals surface area contributed by atoms with E-state index in [-0.39, 0.29) is 5.82 Å². The molecule has 2 aromatic rings. The molecule has 0 saturated carbocycles. The van der Waals surface area contributed by atoms with Crippen molar-refractivity contribution in [3.63, 3.8) is 0 Å². The lowest BCUT2D eigenvalue weighted by Gasteiger charge is -2.05. The molecule has 1 aromatic carbocycles. The first-order chi connectivity index (χ1) is 7.31. The Hall–Kier alpha value is -1.90. The van der Waals surface area contributed by atoms with E-state index < -0.39 is 0 Å².